The van der Waals surface area contributed by atoms with Crippen molar-refractivity contribution >= 4 is 35.6 Å². The first-order valence-corrected chi connectivity index (χ1v) is 10.5. The second-order valence-electron chi connectivity index (χ2n) is 7.78. The van der Waals surface area contributed by atoms with Crippen LogP contribution in [-0.4, -0.2) is 88.9 Å². The number of ether oxygens (including phenoxy) is 1. The first kappa shape index (κ1) is 25.1. The first-order valence-electron chi connectivity index (χ1n) is 10.5. The van der Waals surface area contributed by atoms with Crippen LogP contribution in [0.1, 0.15) is 12.8 Å². The Morgan fingerprint density at radius 2 is 1.83 bits per heavy atom. The molecule has 30 heavy (non-hydrogen) atoms. The number of halogens is 3. The Bertz CT molecular complexity index is 677. The van der Waals surface area contributed by atoms with Gasteiger partial charge in [0.25, 0.3) is 0 Å². The van der Waals surface area contributed by atoms with Gasteiger partial charge in [-0.2, -0.15) is 0 Å². The van der Waals surface area contributed by atoms with Crippen molar-refractivity contribution in [2.45, 2.75) is 12.8 Å². The van der Waals surface area contributed by atoms with Crippen LogP contribution in [0.3, 0.4) is 0 Å². The summed E-state index contributed by atoms with van der Waals surface area (Å²) in [6.45, 7) is 7.69. The number of nitrogens with one attached hydrogen (secondary N) is 1. The van der Waals surface area contributed by atoms with E-state index in [2.05, 4.69) is 20.1 Å². The number of rotatable bonds is 6. The zero-order chi connectivity index (χ0) is 20.6. The average molecular weight is 537 g/mol. The van der Waals surface area contributed by atoms with Crippen molar-refractivity contribution in [3.8, 4) is 0 Å². The minimum atomic E-state index is -0.408. The fraction of sp³-hybridized carbons (Fsp3) is 0.667. The molecule has 3 rings (SSSR count). The highest BCUT2D eigenvalue weighted by molar-refractivity contribution is 14.0. The highest BCUT2D eigenvalue weighted by Gasteiger charge is 2.23. The Morgan fingerprint density at radius 1 is 1.13 bits per heavy atom. The number of guanidine groups is 1. The van der Waals surface area contributed by atoms with Gasteiger partial charge < -0.3 is 24.8 Å². The van der Waals surface area contributed by atoms with Crippen LogP contribution in [0.4, 0.5) is 14.5 Å². The van der Waals surface area contributed by atoms with Gasteiger partial charge in [0.05, 0.1) is 12.3 Å². The van der Waals surface area contributed by atoms with Crippen molar-refractivity contribution in [2.24, 2.45) is 10.9 Å². The summed E-state index contributed by atoms with van der Waals surface area (Å²) in [5.41, 5.74) is 0.341. The number of aliphatic imine (C=N–C) groups is 1. The standard InChI is InChI=1S/C21H33F2N5O.HI/c1-24-21(25-16-17-5-7-26(8-6-17)13-14-29-2)28-11-9-27(10-12-28)20-15-18(22)3-4-19(20)23;/h3-4,15,17H,5-14,16H2,1-2H3,(H,24,25);1H. The quantitative estimate of drug-likeness (QED) is 0.344. The predicted octanol–water partition coefficient (Wildman–Crippen LogP) is 2.64. The summed E-state index contributed by atoms with van der Waals surface area (Å²) in [5, 5.41) is 3.52. The summed E-state index contributed by atoms with van der Waals surface area (Å²) in [6.07, 6.45) is 2.36. The van der Waals surface area contributed by atoms with Crippen molar-refractivity contribution < 1.29 is 13.5 Å². The Balaban J connectivity index is 0.00000320. The van der Waals surface area contributed by atoms with Crippen molar-refractivity contribution in [2.75, 3.05) is 78.0 Å². The van der Waals surface area contributed by atoms with Crippen molar-refractivity contribution in [3.63, 3.8) is 0 Å². The molecule has 0 unspecified atom stereocenters. The summed E-state index contributed by atoms with van der Waals surface area (Å²) < 4.78 is 32.7. The molecule has 1 aromatic carbocycles. The van der Waals surface area contributed by atoms with E-state index >= 15 is 0 Å². The van der Waals surface area contributed by atoms with Crippen LogP contribution in [0.2, 0.25) is 0 Å². The van der Waals surface area contributed by atoms with Gasteiger partial charge in [-0.25, -0.2) is 8.78 Å². The van der Waals surface area contributed by atoms with Crippen LogP contribution in [-0.2, 0) is 4.74 Å². The van der Waals surface area contributed by atoms with Gasteiger partial charge in [-0.15, -0.1) is 24.0 Å². The minimum Gasteiger partial charge on any atom is -0.383 e. The summed E-state index contributed by atoms with van der Waals surface area (Å²) in [7, 11) is 3.55. The zero-order valence-corrected chi connectivity index (χ0v) is 20.3. The maximum atomic E-state index is 14.0. The lowest BCUT2D eigenvalue weighted by Gasteiger charge is -2.38. The molecular weight excluding hydrogens is 503 g/mol. The molecule has 0 bridgehead atoms. The van der Waals surface area contributed by atoms with Gasteiger partial charge in [0.1, 0.15) is 11.6 Å². The highest BCUT2D eigenvalue weighted by atomic mass is 127. The Morgan fingerprint density at radius 3 is 2.47 bits per heavy atom. The topological polar surface area (TPSA) is 43.3 Å². The molecule has 0 amide bonds. The molecule has 0 atom stereocenters. The molecule has 2 fully saturated rings. The molecule has 9 heteroatoms. The monoisotopic (exact) mass is 537 g/mol. The molecule has 2 aliphatic rings. The van der Waals surface area contributed by atoms with E-state index in [1.807, 2.05) is 4.90 Å². The Hall–Kier alpha value is -1.20. The van der Waals surface area contributed by atoms with Gasteiger partial charge in [-0.1, -0.05) is 0 Å². The van der Waals surface area contributed by atoms with E-state index in [9.17, 15) is 8.78 Å². The van der Waals surface area contributed by atoms with Crippen molar-refractivity contribution in [1.82, 2.24) is 15.1 Å². The van der Waals surface area contributed by atoms with Crippen molar-refractivity contribution in [3.05, 3.63) is 29.8 Å². The molecule has 1 N–H and O–H groups in total. The summed E-state index contributed by atoms with van der Waals surface area (Å²) in [5.74, 6) is 0.758. The van der Waals surface area contributed by atoms with Crippen LogP contribution >= 0.6 is 24.0 Å². The van der Waals surface area contributed by atoms with Gasteiger partial charge in [-0.05, 0) is 44.0 Å². The molecule has 0 spiro atoms. The number of hydrogen-bond donors (Lipinski definition) is 1. The summed E-state index contributed by atoms with van der Waals surface area (Å²) >= 11 is 0. The number of hydrogen-bond acceptors (Lipinski definition) is 4. The highest BCUT2D eigenvalue weighted by Crippen LogP contribution is 2.22. The molecule has 1 aromatic rings. The number of benzene rings is 1. The molecule has 2 saturated heterocycles. The molecule has 0 radical (unpaired) electrons. The molecule has 6 nitrogen and oxygen atoms in total. The van der Waals surface area contributed by atoms with E-state index < -0.39 is 5.82 Å². The largest absolute Gasteiger partial charge is 0.383 e. The van der Waals surface area contributed by atoms with Gasteiger partial charge in [0.15, 0.2) is 5.96 Å². The number of nitrogens with zero attached hydrogens (tertiary/aromatic N) is 4. The molecular formula is C21H34F2IN5O. The van der Waals surface area contributed by atoms with E-state index in [0.29, 0.717) is 24.7 Å². The maximum Gasteiger partial charge on any atom is 0.193 e. The van der Waals surface area contributed by atoms with E-state index in [4.69, 9.17) is 4.74 Å². The zero-order valence-electron chi connectivity index (χ0n) is 17.9. The lowest BCUT2D eigenvalue weighted by molar-refractivity contribution is 0.120. The first-order chi connectivity index (χ1) is 14.1. The summed E-state index contributed by atoms with van der Waals surface area (Å²) in [6, 6.07) is 3.62. The predicted molar refractivity (Wildman–Crippen MR) is 128 cm³/mol. The van der Waals surface area contributed by atoms with Gasteiger partial charge in [0, 0.05) is 59.5 Å². The van der Waals surface area contributed by atoms with Crippen molar-refractivity contribution in [1.29, 1.82) is 0 Å². The minimum absolute atomic E-state index is 0. The van der Waals surface area contributed by atoms with Crippen LogP contribution < -0.4 is 10.2 Å². The third-order valence-corrected chi connectivity index (χ3v) is 5.91. The maximum absolute atomic E-state index is 14.0. The van der Waals surface area contributed by atoms with Crippen LogP contribution in [0.25, 0.3) is 0 Å². The number of anilines is 1. The lowest BCUT2D eigenvalue weighted by atomic mass is 9.97. The molecule has 0 saturated carbocycles. The normalized spacial score (nSPS) is 19.0. The number of likely N-dealkylation sites (tertiary alicyclic amines) is 1. The van der Waals surface area contributed by atoms with Crippen LogP contribution in [0.15, 0.2) is 23.2 Å². The lowest BCUT2D eigenvalue weighted by Crippen LogP contribution is -2.53. The third-order valence-electron chi connectivity index (χ3n) is 5.91. The Kier molecular flexibility index (Phi) is 10.5. The van der Waals surface area contributed by atoms with E-state index in [0.717, 1.165) is 57.9 Å². The van der Waals surface area contributed by atoms with E-state index in [1.165, 1.54) is 25.0 Å². The average Bonchev–Trinajstić information content (AvgIpc) is 2.76. The second-order valence-corrected chi connectivity index (χ2v) is 7.78. The molecule has 170 valence electrons. The molecule has 2 aliphatic heterocycles. The SMILES string of the molecule is CN=C(NCC1CCN(CCOC)CC1)N1CCN(c2cc(F)ccc2F)CC1.I. The van der Waals surface area contributed by atoms with Gasteiger partial charge in [0.2, 0.25) is 0 Å². The fourth-order valence-corrected chi connectivity index (χ4v) is 4.09. The van der Waals surface area contributed by atoms with Gasteiger partial charge >= 0.3 is 0 Å². The Labute approximate surface area is 195 Å². The van der Waals surface area contributed by atoms with E-state index in [1.54, 1.807) is 14.2 Å². The second kappa shape index (κ2) is 12.6. The number of methoxy groups -OCH3 is 1. The fourth-order valence-electron chi connectivity index (χ4n) is 4.09. The molecule has 0 aromatic heterocycles. The van der Waals surface area contributed by atoms with Gasteiger partial charge in [-0.3, -0.25) is 4.99 Å². The summed E-state index contributed by atoms with van der Waals surface area (Å²) in [4.78, 5) is 11.0. The molecule has 0 aliphatic carbocycles. The number of piperidine rings is 1. The van der Waals surface area contributed by atoms with Crippen LogP contribution in [0.5, 0.6) is 0 Å². The number of piperazine rings is 1. The smallest absolute Gasteiger partial charge is 0.193 e. The third kappa shape index (κ3) is 6.91. The van der Waals surface area contributed by atoms with Crippen LogP contribution in [0, 0.1) is 17.6 Å². The van der Waals surface area contributed by atoms with E-state index in [-0.39, 0.29) is 29.8 Å². The molecule has 2 heterocycles.